The van der Waals surface area contributed by atoms with Gasteiger partial charge in [0.25, 0.3) is 0 Å². The third-order valence-electron chi connectivity index (χ3n) is 6.71. The molecule has 3 aliphatic carbocycles. The Labute approximate surface area is 200 Å². The first-order valence-electron chi connectivity index (χ1n) is 11.3. The van der Waals surface area contributed by atoms with E-state index >= 15 is 4.39 Å². The van der Waals surface area contributed by atoms with Gasteiger partial charge >= 0.3 is 12.5 Å². The molecule has 3 aromatic heterocycles. The number of ether oxygens (including phenoxy) is 3. The molecule has 2 bridgehead atoms. The van der Waals surface area contributed by atoms with Crippen molar-refractivity contribution in [3.8, 4) is 0 Å². The lowest BCUT2D eigenvalue weighted by atomic mass is 9.50. The number of anilines is 2. The van der Waals surface area contributed by atoms with Crippen LogP contribution < -0.4 is 10.6 Å². The molecule has 11 nitrogen and oxygen atoms in total. The van der Waals surface area contributed by atoms with Crippen molar-refractivity contribution < 1.29 is 36.6 Å². The first kappa shape index (κ1) is 23.0. The number of nitrogens with zero attached hydrogens (tertiary/aromatic N) is 4. The fraction of sp³-hybridized carbons (Fsp3) is 0.524. The van der Waals surface area contributed by atoms with Crippen LogP contribution in [0, 0.1) is 5.92 Å². The van der Waals surface area contributed by atoms with Gasteiger partial charge in [0.1, 0.15) is 11.8 Å². The lowest BCUT2D eigenvalue weighted by Crippen LogP contribution is -2.68. The molecule has 0 aromatic carbocycles. The Morgan fingerprint density at radius 1 is 1.33 bits per heavy atom. The number of aromatic nitrogens is 5. The fourth-order valence-electron chi connectivity index (χ4n) is 4.90. The monoisotopic (exact) mass is 511 g/mol. The number of rotatable bonds is 7. The van der Waals surface area contributed by atoms with Crippen molar-refractivity contribution in [1.29, 1.82) is 0 Å². The van der Waals surface area contributed by atoms with E-state index < -0.39 is 37.4 Å². The lowest BCUT2D eigenvalue weighted by molar-refractivity contribution is -0.330. The minimum absolute atomic E-state index is 0.0508. The summed E-state index contributed by atoms with van der Waals surface area (Å²) in [5, 5.41) is 12.5. The zero-order valence-electron chi connectivity index (χ0n) is 18.6. The predicted octanol–water partition coefficient (Wildman–Crippen LogP) is 3.29. The Balaban J connectivity index is 1.09. The second-order valence-electron chi connectivity index (χ2n) is 9.32. The van der Waals surface area contributed by atoms with Gasteiger partial charge < -0.3 is 20.1 Å². The summed E-state index contributed by atoms with van der Waals surface area (Å²) in [7, 11) is 0. The average molecular weight is 511 g/mol. The minimum atomic E-state index is -4.78. The number of halogens is 4. The van der Waals surface area contributed by atoms with Crippen LogP contribution in [0.2, 0.25) is 0 Å². The van der Waals surface area contributed by atoms with Crippen LogP contribution in [-0.2, 0) is 20.8 Å². The van der Waals surface area contributed by atoms with Gasteiger partial charge in [-0.1, -0.05) is 0 Å². The molecule has 3 aromatic rings. The molecule has 4 aliphatic rings. The van der Waals surface area contributed by atoms with Crippen molar-refractivity contribution in [2.75, 3.05) is 11.9 Å². The molecule has 1 saturated heterocycles. The van der Waals surface area contributed by atoms with E-state index in [2.05, 4.69) is 35.5 Å². The summed E-state index contributed by atoms with van der Waals surface area (Å²) in [5.74, 6) is 1.16. The van der Waals surface area contributed by atoms with Crippen LogP contribution >= 0.6 is 0 Å². The minimum Gasteiger partial charge on any atom is -0.441 e. The number of H-pyrrole nitrogens is 1. The molecule has 0 unspecified atom stereocenters. The highest BCUT2D eigenvalue weighted by Gasteiger charge is 2.58. The number of imidazole rings is 1. The van der Waals surface area contributed by atoms with E-state index in [9.17, 15) is 18.0 Å². The molecule has 3 saturated carbocycles. The topological polar surface area (TPSA) is 128 Å². The van der Waals surface area contributed by atoms with Crippen molar-refractivity contribution >= 4 is 23.5 Å². The third-order valence-corrected chi connectivity index (χ3v) is 6.71. The summed E-state index contributed by atoms with van der Waals surface area (Å²) in [5.41, 5.74) is 0.529. The normalized spacial score (nSPS) is 29.0. The molecule has 1 aliphatic heterocycles. The standard InChI is InChI=1S/C21H21F4N7O4/c22-16-13(36-19(33)29-20-4-10(5-20)6-20)9-34-17(16)12-3-14(31-30-12)28-18-26-2-1-15-27-11(7-32(15)18)8-35-21(23,24)25/h1-3,7,10,13,16-17H,4-6,8-9H2,(H,29,33)(H2,26,28,30,31)/t10?,13-,16+,17-,20?/m1/s1. The Bertz CT molecular complexity index is 1280. The number of alkyl halides is 4. The van der Waals surface area contributed by atoms with E-state index in [0.717, 1.165) is 19.3 Å². The largest absolute Gasteiger partial charge is 0.522 e. The van der Waals surface area contributed by atoms with E-state index in [1.54, 1.807) is 0 Å². The van der Waals surface area contributed by atoms with Crippen molar-refractivity contribution in [3.05, 3.63) is 35.9 Å². The first-order chi connectivity index (χ1) is 17.2. The third kappa shape index (κ3) is 4.32. The van der Waals surface area contributed by atoms with Crippen LogP contribution in [0.4, 0.5) is 34.1 Å². The number of alkyl carbamates (subject to hydrolysis) is 1. The molecule has 36 heavy (non-hydrogen) atoms. The van der Waals surface area contributed by atoms with Gasteiger partial charge in [-0.3, -0.25) is 14.2 Å². The van der Waals surface area contributed by atoms with Crippen LogP contribution in [0.25, 0.3) is 5.65 Å². The maximum Gasteiger partial charge on any atom is 0.522 e. The van der Waals surface area contributed by atoms with E-state index in [-0.39, 0.29) is 29.6 Å². The molecular weight excluding hydrogens is 490 g/mol. The molecular formula is C21H21F4N7O4. The quantitative estimate of drug-likeness (QED) is 0.413. The van der Waals surface area contributed by atoms with Crippen molar-refractivity contribution in [1.82, 2.24) is 29.9 Å². The molecule has 15 heteroatoms. The van der Waals surface area contributed by atoms with Crippen LogP contribution in [-0.4, -0.2) is 61.4 Å². The van der Waals surface area contributed by atoms with Crippen LogP contribution in [0.3, 0.4) is 0 Å². The van der Waals surface area contributed by atoms with Crippen molar-refractivity contribution in [2.45, 2.75) is 56.2 Å². The molecule has 4 fully saturated rings. The molecule has 7 rings (SSSR count). The molecule has 3 atom stereocenters. The highest BCUT2D eigenvalue weighted by Crippen LogP contribution is 2.57. The van der Waals surface area contributed by atoms with Gasteiger partial charge in [0.2, 0.25) is 5.95 Å². The fourth-order valence-corrected chi connectivity index (χ4v) is 4.90. The maximum atomic E-state index is 15.0. The van der Waals surface area contributed by atoms with E-state index in [1.165, 1.54) is 28.9 Å². The number of hydrogen-bond acceptors (Lipinski definition) is 8. The summed E-state index contributed by atoms with van der Waals surface area (Å²) in [4.78, 5) is 20.4. The smallest absolute Gasteiger partial charge is 0.441 e. The summed E-state index contributed by atoms with van der Waals surface area (Å²) >= 11 is 0. The van der Waals surface area contributed by atoms with Gasteiger partial charge in [-0.2, -0.15) is 5.10 Å². The van der Waals surface area contributed by atoms with Crippen molar-refractivity contribution in [2.24, 2.45) is 5.92 Å². The van der Waals surface area contributed by atoms with E-state index in [0.29, 0.717) is 17.3 Å². The van der Waals surface area contributed by atoms with E-state index in [1.807, 2.05) is 0 Å². The zero-order chi connectivity index (χ0) is 25.1. The second-order valence-corrected chi connectivity index (χ2v) is 9.32. The Morgan fingerprint density at radius 2 is 2.14 bits per heavy atom. The molecule has 1 amide bonds. The maximum absolute atomic E-state index is 15.0. The van der Waals surface area contributed by atoms with Gasteiger partial charge in [-0.05, 0) is 31.2 Å². The number of carbonyl (C=O) groups is 1. The van der Waals surface area contributed by atoms with Gasteiger partial charge in [-0.15, -0.1) is 13.2 Å². The van der Waals surface area contributed by atoms with Crippen molar-refractivity contribution in [3.63, 3.8) is 0 Å². The Morgan fingerprint density at radius 3 is 2.86 bits per heavy atom. The SMILES string of the molecule is O=C(NC12CC(C1)C2)O[C@@H]1CO[C@H](c2cc(Nc3nccc4nc(COC(F)(F)F)cn34)n[nH]2)[C@H]1F. The van der Waals surface area contributed by atoms with Crippen LogP contribution in [0.5, 0.6) is 0 Å². The number of fused-ring (bicyclic) bond motifs is 1. The zero-order valence-corrected chi connectivity index (χ0v) is 18.6. The van der Waals surface area contributed by atoms with Crippen LogP contribution in [0.15, 0.2) is 24.5 Å². The van der Waals surface area contributed by atoms with Gasteiger partial charge in [0.15, 0.2) is 18.1 Å². The summed E-state index contributed by atoms with van der Waals surface area (Å²) < 4.78 is 68.1. The van der Waals surface area contributed by atoms with Gasteiger partial charge in [0, 0.05) is 24.0 Å². The first-order valence-corrected chi connectivity index (χ1v) is 11.3. The summed E-state index contributed by atoms with van der Waals surface area (Å²) in [6.07, 6.45) is -3.50. The Hall–Kier alpha value is -3.46. The molecule has 0 spiro atoms. The second kappa shape index (κ2) is 8.30. The lowest BCUT2D eigenvalue weighted by Gasteiger charge is -2.61. The van der Waals surface area contributed by atoms with Gasteiger partial charge in [0.05, 0.1) is 24.6 Å². The highest BCUT2D eigenvalue weighted by atomic mass is 19.4. The summed E-state index contributed by atoms with van der Waals surface area (Å²) in [6, 6.07) is 3.02. The number of hydrogen-bond donors (Lipinski definition) is 3. The van der Waals surface area contributed by atoms with E-state index in [4.69, 9.17) is 9.47 Å². The van der Waals surface area contributed by atoms with Crippen LogP contribution in [0.1, 0.15) is 36.8 Å². The number of nitrogens with one attached hydrogen (secondary N) is 3. The van der Waals surface area contributed by atoms with Gasteiger partial charge in [-0.25, -0.2) is 19.2 Å². The number of amides is 1. The average Bonchev–Trinajstić information content (AvgIpc) is 3.48. The molecule has 192 valence electrons. The highest BCUT2D eigenvalue weighted by molar-refractivity contribution is 5.69. The predicted molar refractivity (Wildman–Crippen MR) is 113 cm³/mol. The molecule has 0 radical (unpaired) electrons. The molecule has 3 N–H and O–H groups in total. The Kier molecular flexibility index (Phi) is 5.29. The number of carbonyl (C=O) groups excluding carboxylic acids is 1. The number of aromatic amines is 1. The summed E-state index contributed by atoms with van der Waals surface area (Å²) in [6.45, 7) is -0.855. The molecule has 4 heterocycles.